The zero-order valence-electron chi connectivity index (χ0n) is 17.0. The Morgan fingerprint density at radius 3 is 2.23 bits per heavy atom. The maximum absolute atomic E-state index is 12.3. The fourth-order valence-corrected chi connectivity index (χ4v) is 3.36. The van der Waals surface area contributed by atoms with Crippen LogP contribution in [0.1, 0.15) is 49.4 Å². The molecule has 0 saturated heterocycles. The maximum Gasteiger partial charge on any atom is 0.279 e. The van der Waals surface area contributed by atoms with Crippen LogP contribution in [0.3, 0.4) is 0 Å². The smallest absolute Gasteiger partial charge is 0.279 e. The van der Waals surface area contributed by atoms with Gasteiger partial charge in [0.25, 0.3) is 11.8 Å². The average Bonchev–Trinajstić information content (AvgIpc) is 2.79. The van der Waals surface area contributed by atoms with Crippen LogP contribution in [-0.4, -0.2) is 23.8 Å². The second kappa shape index (κ2) is 10.4. The van der Waals surface area contributed by atoms with Crippen LogP contribution < -0.4 is 20.9 Å². The number of benzene rings is 2. The minimum Gasteiger partial charge on any atom is -0.481 e. The van der Waals surface area contributed by atoms with Gasteiger partial charge < -0.3 is 10.1 Å². The summed E-state index contributed by atoms with van der Waals surface area (Å²) in [4.78, 5) is 36.7. The maximum atomic E-state index is 12.3. The normalized spacial score (nSPS) is 15.0. The number of para-hydroxylation sites is 1. The fraction of sp³-hybridized carbons (Fsp3) is 0.348. The van der Waals surface area contributed by atoms with E-state index in [0.29, 0.717) is 17.0 Å². The summed E-state index contributed by atoms with van der Waals surface area (Å²) in [5, 5.41) is 2.91. The highest BCUT2D eigenvalue weighted by atomic mass is 16.5. The third kappa shape index (κ3) is 6.07. The molecule has 0 aromatic heterocycles. The number of rotatable bonds is 6. The Labute approximate surface area is 176 Å². The molecule has 0 bridgehead atoms. The van der Waals surface area contributed by atoms with Crippen LogP contribution in [0.25, 0.3) is 0 Å². The quantitative estimate of drug-likeness (QED) is 0.637. The summed E-state index contributed by atoms with van der Waals surface area (Å²) in [6.07, 6.45) is 4.47. The Morgan fingerprint density at radius 1 is 0.900 bits per heavy atom. The van der Waals surface area contributed by atoms with Crippen molar-refractivity contribution in [2.75, 3.05) is 5.32 Å². The second-order valence-corrected chi connectivity index (χ2v) is 7.42. The molecular formula is C23H27N3O4. The molecule has 1 aliphatic rings. The monoisotopic (exact) mass is 409 g/mol. The first-order valence-electron chi connectivity index (χ1n) is 10.3. The molecule has 1 saturated carbocycles. The first-order chi connectivity index (χ1) is 14.5. The van der Waals surface area contributed by atoms with E-state index in [-0.39, 0.29) is 11.8 Å². The molecule has 30 heavy (non-hydrogen) atoms. The largest absolute Gasteiger partial charge is 0.481 e. The molecule has 0 aliphatic heterocycles. The molecule has 0 spiro atoms. The lowest BCUT2D eigenvalue weighted by atomic mass is 9.88. The standard InChI is InChI=1S/C23H27N3O4/c1-16(30-20-10-6-3-7-11-20)21(27)25-26-23(29)18-12-14-19(15-13-18)24-22(28)17-8-4-2-5-9-17/h3,6-7,10-17H,2,4-5,8-9H2,1H3,(H,24,28)(H,25,27)(H,26,29). The van der Waals surface area contributed by atoms with Crippen molar-refractivity contribution in [1.82, 2.24) is 10.9 Å². The molecule has 1 unspecified atom stereocenters. The van der Waals surface area contributed by atoms with Crippen LogP contribution >= 0.6 is 0 Å². The van der Waals surface area contributed by atoms with E-state index in [4.69, 9.17) is 4.74 Å². The number of hydrogen-bond donors (Lipinski definition) is 3. The molecule has 0 radical (unpaired) electrons. The van der Waals surface area contributed by atoms with E-state index >= 15 is 0 Å². The van der Waals surface area contributed by atoms with Gasteiger partial charge >= 0.3 is 0 Å². The van der Waals surface area contributed by atoms with Gasteiger partial charge in [-0.25, -0.2) is 0 Å². The SMILES string of the molecule is CC(Oc1ccccc1)C(=O)NNC(=O)c1ccc(NC(=O)C2CCCCC2)cc1. The summed E-state index contributed by atoms with van der Waals surface area (Å²) in [6, 6.07) is 15.5. The number of carbonyl (C=O) groups excluding carboxylic acids is 3. The third-order valence-corrected chi connectivity index (χ3v) is 5.12. The van der Waals surface area contributed by atoms with Gasteiger partial charge in [0.2, 0.25) is 5.91 Å². The van der Waals surface area contributed by atoms with Crippen LogP contribution in [-0.2, 0) is 9.59 Å². The molecule has 7 heteroatoms. The molecule has 1 atom stereocenters. The number of carbonyl (C=O) groups is 3. The van der Waals surface area contributed by atoms with Crippen molar-refractivity contribution in [3.05, 3.63) is 60.2 Å². The van der Waals surface area contributed by atoms with Crippen LogP contribution in [0.15, 0.2) is 54.6 Å². The van der Waals surface area contributed by atoms with Crippen LogP contribution in [0.2, 0.25) is 0 Å². The average molecular weight is 409 g/mol. The highest BCUT2D eigenvalue weighted by Gasteiger charge is 2.21. The second-order valence-electron chi connectivity index (χ2n) is 7.42. The van der Waals surface area contributed by atoms with Gasteiger partial charge in [0.15, 0.2) is 6.10 Å². The van der Waals surface area contributed by atoms with Gasteiger partial charge in [-0.2, -0.15) is 0 Å². The van der Waals surface area contributed by atoms with Crippen molar-refractivity contribution in [2.45, 2.75) is 45.1 Å². The lowest BCUT2D eigenvalue weighted by Gasteiger charge is -2.20. The highest BCUT2D eigenvalue weighted by molar-refractivity contribution is 5.97. The summed E-state index contributed by atoms with van der Waals surface area (Å²) in [7, 11) is 0. The molecule has 158 valence electrons. The van der Waals surface area contributed by atoms with Gasteiger partial charge in [-0.05, 0) is 56.2 Å². The zero-order valence-corrected chi connectivity index (χ0v) is 17.0. The number of hydrogen-bond acceptors (Lipinski definition) is 4. The van der Waals surface area contributed by atoms with E-state index in [1.165, 1.54) is 6.42 Å². The number of anilines is 1. The lowest BCUT2D eigenvalue weighted by molar-refractivity contribution is -0.128. The van der Waals surface area contributed by atoms with Crippen LogP contribution in [0.5, 0.6) is 5.75 Å². The molecule has 1 aliphatic carbocycles. The van der Waals surface area contributed by atoms with Gasteiger partial charge in [0.05, 0.1) is 0 Å². The molecule has 3 N–H and O–H groups in total. The number of amides is 3. The Bertz CT molecular complexity index is 862. The first kappa shape index (κ1) is 21.4. The Kier molecular flexibility index (Phi) is 7.43. The fourth-order valence-electron chi connectivity index (χ4n) is 3.36. The Hall–Kier alpha value is -3.35. The third-order valence-electron chi connectivity index (χ3n) is 5.12. The van der Waals surface area contributed by atoms with Crippen LogP contribution in [0.4, 0.5) is 5.69 Å². The van der Waals surface area contributed by atoms with Crippen molar-refractivity contribution >= 4 is 23.4 Å². The Morgan fingerprint density at radius 2 is 1.57 bits per heavy atom. The molecule has 7 nitrogen and oxygen atoms in total. The van der Waals surface area contributed by atoms with E-state index in [2.05, 4.69) is 16.2 Å². The highest BCUT2D eigenvalue weighted by Crippen LogP contribution is 2.25. The van der Waals surface area contributed by atoms with E-state index in [0.717, 1.165) is 25.7 Å². The molecule has 3 amide bonds. The molecule has 0 heterocycles. The van der Waals surface area contributed by atoms with E-state index in [1.54, 1.807) is 43.3 Å². The van der Waals surface area contributed by atoms with Crippen molar-refractivity contribution in [3.63, 3.8) is 0 Å². The summed E-state index contributed by atoms with van der Waals surface area (Å²) < 4.78 is 5.51. The van der Waals surface area contributed by atoms with Gasteiger partial charge in [0.1, 0.15) is 5.75 Å². The van der Waals surface area contributed by atoms with Gasteiger partial charge in [-0.15, -0.1) is 0 Å². The predicted octanol–water partition coefficient (Wildman–Crippen LogP) is 3.43. The van der Waals surface area contributed by atoms with Crippen molar-refractivity contribution in [2.24, 2.45) is 5.92 Å². The summed E-state index contributed by atoms with van der Waals surface area (Å²) in [5.74, 6) is -0.259. The van der Waals surface area contributed by atoms with Crippen molar-refractivity contribution < 1.29 is 19.1 Å². The van der Waals surface area contributed by atoms with E-state index < -0.39 is 17.9 Å². The Balaban J connectivity index is 1.46. The molecule has 3 rings (SSSR count). The molecule has 2 aromatic carbocycles. The molecule has 2 aromatic rings. The van der Waals surface area contributed by atoms with E-state index in [1.807, 2.05) is 18.2 Å². The van der Waals surface area contributed by atoms with Gasteiger partial charge in [-0.1, -0.05) is 37.5 Å². The molecular weight excluding hydrogens is 382 g/mol. The van der Waals surface area contributed by atoms with Crippen LogP contribution in [0, 0.1) is 5.92 Å². The number of nitrogens with one attached hydrogen (secondary N) is 3. The van der Waals surface area contributed by atoms with Gasteiger partial charge in [0, 0.05) is 17.2 Å². The minimum atomic E-state index is -0.773. The summed E-state index contributed by atoms with van der Waals surface area (Å²) in [5.41, 5.74) is 5.74. The summed E-state index contributed by atoms with van der Waals surface area (Å²) in [6.45, 7) is 1.60. The minimum absolute atomic E-state index is 0.0339. The summed E-state index contributed by atoms with van der Waals surface area (Å²) >= 11 is 0. The van der Waals surface area contributed by atoms with E-state index in [9.17, 15) is 14.4 Å². The van der Waals surface area contributed by atoms with Crippen molar-refractivity contribution in [1.29, 1.82) is 0 Å². The number of ether oxygens (including phenoxy) is 1. The van der Waals surface area contributed by atoms with Crippen molar-refractivity contribution in [3.8, 4) is 5.75 Å². The first-order valence-corrected chi connectivity index (χ1v) is 10.3. The lowest BCUT2D eigenvalue weighted by Crippen LogP contribution is -2.47. The topological polar surface area (TPSA) is 96.5 Å². The molecule has 1 fully saturated rings. The predicted molar refractivity (Wildman–Crippen MR) is 114 cm³/mol. The number of hydrazine groups is 1. The zero-order chi connectivity index (χ0) is 21.3. The van der Waals surface area contributed by atoms with Gasteiger partial charge in [-0.3, -0.25) is 25.2 Å².